The molecule has 0 heterocycles. The van der Waals surface area contributed by atoms with E-state index in [1.54, 1.807) is 0 Å². The summed E-state index contributed by atoms with van der Waals surface area (Å²) in [5.41, 5.74) is 13.0. The maximum Gasteiger partial charge on any atom is 0.0991 e. The Kier molecular flexibility index (Phi) is 5.64. The standard InChI is InChI=1S/C41H21N3/c42-22-25-7-13-28(14-8-25)32-19-20-33-36(21-32)39(31-17-11-27(24-44)12-18-31)41-35-6-2-4-29-3-1-5-34(37(29)35)40(41)38(33)30-15-9-26(23-43)10-16-30/h1-21H. The lowest BCUT2D eigenvalue weighted by Crippen LogP contribution is -1.94. The zero-order valence-corrected chi connectivity index (χ0v) is 23.5. The molecule has 0 fully saturated rings. The first-order valence-corrected chi connectivity index (χ1v) is 14.4. The van der Waals surface area contributed by atoms with Crippen molar-refractivity contribution in [2.75, 3.05) is 0 Å². The van der Waals surface area contributed by atoms with Crippen molar-refractivity contribution >= 4 is 21.5 Å². The molecule has 0 bridgehead atoms. The molecule has 0 saturated heterocycles. The first-order chi connectivity index (χ1) is 21.7. The van der Waals surface area contributed by atoms with Gasteiger partial charge in [0.05, 0.1) is 34.9 Å². The molecular formula is C41H21N3. The van der Waals surface area contributed by atoms with Gasteiger partial charge in [-0.3, -0.25) is 0 Å². The van der Waals surface area contributed by atoms with Crippen LogP contribution in [0.15, 0.2) is 127 Å². The van der Waals surface area contributed by atoms with Crippen LogP contribution in [0.3, 0.4) is 0 Å². The Bertz CT molecular complexity index is 2420. The van der Waals surface area contributed by atoms with E-state index in [2.05, 4.69) is 72.8 Å². The van der Waals surface area contributed by atoms with Crippen LogP contribution in [-0.4, -0.2) is 0 Å². The van der Waals surface area contributed by atoms with E-state index in [1.165, 1.54) is 33.0 Å². The van der Waals surface area contributed by atoms with E-state index in [0.717, 1.165) is 44.2 Å². The van der Waals surface area contributed by atoms with E-state index >= 15 is 0 Å². The number of fused-ring (bicyclic) bond motifs is 4. The Labute approximate surface area is 254 Å². The average molecular weight is 556 g/mol. The Balaban J connectivity index is 1.55. The minimum absolute atomic E-state index is 0.618. The highest BCUT2D eigenvalue weighted by Gasteiger charge is 2.30. The summed E-state index contributed by atoms with van der Waals surface area (Å²) >= 11 is 0. The fourth-order valence-corrected chi connectivity index (χ4v) is 6.72. The zero-order valence-electron chi connectivity index (χ0n) is 23.5. The van der Waals surface area contributed by atoms with E-state index in [0.29, 0.717) is 16.7 Å². The van der Waals surface area contributed by atoms with Gasteiger partial charge in [0, 0.05) is 0 Å². The van der Waals surface area contributed by atoms with Crippen LogP contribution in [0.1, 0.15) is 16.7 Å². The molecule has 200 valence electrons. The molecule has 0 aromatic heterocycles. The summed E-state index contributed by atoms with van der Waals surface area (Å²) in [6.45, 7) is 0. The number of rotatable bonds is 3. The van der Waals surface area contributed by atoms with Crippen LogP contribution in [-0.2, 0) is 0 Å². The summed E-state index contributed by atoms with van der Waals surface area (Å²) in [4.78, 5) is 0. The topological polar surface area (TPSA) is 71.4 Å². The van der Waals surface area contributed by atoms with Gasteiger partial charge in [-0.05, 0) is 120 Å². The van der Waals surface area contributed by atoms with Gasteiger partial charge in [0.15, 0.2) is 0 Å². The molecule has 3 heteroatoms. The molecule has 8 rings (SSSR count). The molecule has 3 nitrogen and oxygen atoms in total. The van der Waals surface area contributed by atoms with Gasteiger partial charge in [-0.2, -0.15) is 15.8 Å². The van der Waals surface area contributed by atoms with Gasteiger partial charge in [-0.15, -0.1) is 0 Å². The van der Waals surface area contributed by atoms with Gasteiger partial charge in [0.2, 0.25) is 0 Å². The molecule has 0 N–H and O–H groups in total. The van der Waals surface area contributed by atoms with Crippen molar-refractivity contribution in [1.29, 1.82) is 15.8 Å². The summed E-state index contributed by atoms with van der Waals surface area (Å²) in [6.07, 6.45) is 0. The molecule has 0 radical (unpaired) electrons. The highest BCUT2D eigenvalue weighted by molar-refractivity contribution is 6.27. The van der Waals surface area contributed by atoms with E-state index in [9.17, 15) is 15.8 Å². The van der Waals surface area contributed by atoms with Gasteiger partial charge >= 0.3 is 0 Å². The Morgan fingerprint density at radius 3 is 1.27 bits per heavy atom. The largest absolute Gasteiger partial charge is 0.192 e. The molecule has 7 aromatic carbocycles. The van der Waals surface area contributed by atoms with Crippen LogP contribution < -0.4 is 0 Å². The number of nitriles is 3. The smallest absolute Gasteiger partial charge is 0.0991 e. The van der Waals surface area contributed by atoms with Crippen molar-refractivity contribution in [3.63, 3.8) is 0 Å². The predicted octanol–water partition coefficient (Wildman–Crippen LogP) is 10.3. The summed E-state index contributed by atoms with van der Waals surface area (Å²) in [7, 11) is 0. The van der Waals surface area contributed by atoms with Gasteiger partial charge in [-0.1, -0.05) is 84.9 Å². The van der Waals surface area contributed by atoms with E-state index in [4.69, 9.17) is 0 Å². The first-order valence-electron chi connectivity index (χ1n) is 14.4. The van der Waals surface area contributed by atoms with Crippen molar-refractivity contribution < 1.29 is 0 Å². The number of nitrogens with zero attached hydrogens (tertiary/aromatic N) is 3. The van der Waals surface area contributed by atoms with Crippen LogP contribution in [0.4, 0.5) is 0 Å². The fourth-order valence-electron chi connectivity index (χ4n) is 6.72. The molecule has 1 aliphatic rings. The van der Waals surface area contributed by atoms with Crippen LogP contribution >= 0.6 is 0 Å². The summed E-state index contributed by atoms with van der Waals surface area (Å²) < 4.78 is 0. The monoisotopic (exact) mass is 555 g/mol. The molecule has 44 heavy (non-hydrogen) atoms. The maximum atomic E-state index is 9.55. The van der Waals surface area contributed by atoms with Crippen LogP contribution in [0.25, 0.3) is 77.2 Å². The van der Waals surface area contributed by atoms with Gasteiger partial charge in [-0.25, -0.2) is 0 Å². The van der Waals surface area contributed by atoms with Gasteiger partial charge < -0.3 is 0 Å². The Hall–Kier alpha value is -6.47. The molecule has 7 aromatic rings. The summed E-state index contributed by atoms with van der Waals surface area (Å²) in [5.74, 6) is 0. The van der Waals surface area contributed by atoms with Crippen molar-refractivity contribution in [3.05, 3.63) is 144 Å². The average Bonchev–Trinajstić information content (AvgIpc) is 3.42. The zero-order chi connectivity index (χ0) is 29.8. The predicted molar refractivity (Wildman–Crippen MR) is 176 cm³/mol. The lowest BCUT2D eigenvalue weighted by molar-refractivity contribution is 1.48. The quantitative estimate of drug-likeness (QED) is 0.218. The van der Waals surface area contributed by atoms with E-state index in [1.807, 2.05) is 72.8 Å². The van der Waals surface area contributed by atoms with Crippen molar-refractivity contribution in [3.8, 4) is 73.8 Å². The second kappa shape index (κ2) is 9.82. The number of hydrogen-bond acceptors (Lipinski definition) is 3. The molecule has 0 spiro atoms. The second-order valence-corrected chi connectivity index (χ2v) is 11.0. The van der Waals surface area contributed by atoms with Gasteiger partial charge in [0.1, 0.15) is 0 Å². The van der Waals surface area contributed by atoms with Crippen molar-refractivity contribution in [1.82, 2.24) is 0 Å². The molecule has 0 saturated carbocycles. The highest BCUT2D eigenvalue weighted by atomic mass is 14.3. The van der Waals surface area contributed by atoms with Gasteiger partial charge in [0.25, 0.3) is 0 Å². The molecule has 0 unspecified atom stereocenters. The van der Waals surface area contributed by atoms with Crippen molar-refractivity contribution in [2.24, 2.45) is 0 Å². The normalized spacial score (nSPS) is 11.1. The first kappa shape index (κ1) is 25.3. The molecular weight excluding hydrogens is 534 g/mol. The molecule has 0 amide bonds. The minimum atomic E-state index is 0.618. The third-order valence-electron chi connectivity index (χ3n) is 8.70. The summed E-state index contributed by atoms with van der Waals surface area (Å²) in [6, 6.07) is 49.7. The highest BCUT2D eigenvalue weighted by Crippen LogP contribution is 2.57. The van der Waals surface area contributed by atoms with Crippen LogP contribution in [0, 0.1) is 34.0 Å². The number of benzene rings is 7. The SMILES string of the molecule is N#Cc1ccc(-c2ccc3c(-c4ccc(C#N)cc4)c4c(c(-c5ccc(C#N)cc5)c3c2)-c2cccc3cccc-4c23)cc1. The lowest BCUT2D eigenvalue weighted by Gasteiger charge is -2.21. The van der Waals surface area contributed by atoms with Crippen LogP contribution in [0.5, 0.6) is 0 Å². The van der Waals surface area contributed by atoms with E-state index < -0.39 is 0 Å². The third kappa shape index (κ3) is 3.73. The third-order valence-corrected chi connectivity index (χ3v) is 8.70. The maximum absolute atomic E-state index is 9.55. The van der Waals surface area contributed by atoms with Crippen LogP contribution in [0.2, 0.25) is 0 Å². The Morgan fingerprint density at radius 1 is 0.364 bits per heavy atom. The lowest BCUT2D eigenvalue weighted by atomic mass is 9.81. The molecule has 0 aliphatic heterocycles. The fraction of sp³-hybridized carbons (Fsp3) is 0. The number of hydrogen-bond donors (Lipinski definition) is 0. The van der Waals surface area contributed by atoms with Crippen molar-refractivity contribution in [2.45, 2.75) is 0 Å². The van der Waals surface area contributed by atoms with E-state index in [-0.39, 0.29) is 0 Å². The second-order valence-electron chi connectivity index (χ2n) is 11.0. The molecule has 1 aliphatic carbocycles. The minimum Gasteiger partial charge on any atom is -0.192 e. The Morgan fingerprint density at radius 2 is 0.795 bits per heavy atom. The molecule has 0 atom stereocenters. The summed E-state index contributed by atoms with van der Waals surface area (Å²) in [5, 5.41) is 33.1.